The lowest BCUT2D eigenvalue weighted by molar-refractivity contribution is 0.0751. The van der Waals surface area contributed by atoms with Gasteiger partial charge in [0.2, 0.25) is 0 Å². The Bertz CT molecular complexity index is 997. The van der Waals surface area contributed by atoms with Crippen LogP contribution >= 0.6 is 0 Å². The van der Waals surface area contributed by atoms with Crippen LogP contribution in [0.15, 0.2) is 51.8 Å². The molecule has 0 aliphatic heterocycles. The Morgan fingerprint density at radius 1 is 1.21 bits per heavy atom. The Kier molecular flexibility index (Phi) is 6.85. The van der Waals surface area contributed by atoms with Crippen molar-refractivity contribution in [3.05, 3.63) is 64.5 Å². The molecule has 0 saturated heterocycles. The average molecular weight is 397 g/mol. The number of nitrogens with zero attached hydrogens (tertiary/aromatic N) is 4. The monoisotopic (exact) mass is 397 g/mol. The predicted octanol–water partition coefficient (Wildman–Crippen LogP) is 1.89. The summed E-state index contributed by atoms with van der Waals surface area (Å²) in [5, 5.41) is 10.8. The number of hydrogen-bond donors (Lipinski definition) is 1. The molecule has 1 aromatic carbocycles. The van der Waals surface area contributed by atoms with Crippen molar-refractivity contribution in [2.75, 3.05) is 13.2 Å². The summed E-state index contributed by atoms with van der Waals surface area (Å²) in [4.78, 5) is 28.3. The van der Waals surface area contributed by atoms with E-state index in [1.54, 1.807) is 6.07 Å². The molecule has 0 saturated carbocycles. The second-order valence-electron chi connectivity index (χ2n) is 6.63. The van der Waals surface area contributed by atoms with Gasteiger partial charge in [-0.15, -0.1) is 0 Å². The number of hydrogen-bond acceptors (Lipinski definition) is 7. The lowest BCUT2D eigenvalue weighted by atomic mass is 10.1. The number of nitrogens with one attached hydrogen (secondary N) is 1. The minimum atomic E-state index is -0.466. The predicted molar refractivity (Wildman–Crippen MR) is 105 cm³/mol. The third-order valence-electron chi connectivity index (χ3n) is 3.95. The standard InChI is InChI=1S/C20H23N5O4/c1-14(2)28-12-6-11-21-19(27)20-22-17(24-29-20)13-25-18(26)10-9-16(23-25)15-7-4-3-5-8-15/h3-5,7-10,14H,6,11-13H2,1-2H3,(H,21,27). The van der Waals surface area contributed by atoms with E-state index in [0.29, 0.717) is 25.3 Å². The van der Waals surface area contributed by atoms with Crippen LogP contribution in [0, 0.1) is 0 Å². The minimum absolute atomic E-state index is 0.00147. The van der Waals surface area contributed by atoms with E-state index in [9.17, 15) is 9.59 Å². The van der Waals surface area contributed by atoms with E-state index in [0.717, 1.165) is 5.56 Å². The van der Waals surface area contributed by atoms with Gasteiger partial charge in [0.05, 0.1) is 11.8 Å². The van der Waals surface area contributed by atoms with Gasteiger partial charge in [0, 0.05) is 24.8 Å². The molecule has 2 aromatic heterocycles. The van der Waals surface area contributed by atoms with Crippen LogP contribution in [-0.2, 0) is 11.3 Å². The summed E-state index contributed by atoms with van der Waals surface area (Å²) in [6, 6.07) is 12.6. The maximum Gasteiger partial charge on any atom is 0.316 e. The highest BCUT2D eigenvalue weighted by Gasteiger charge is 2.15. The zero-order valence-corrected chi connectivity index (χ0v) is 16.4. The molecule has 0 bridgehead atoms. The van der Waals surface area contributed by atoms with E-state index >= 15 is 0 Å². The van der Waals surface area contributed by atoms with E-state index in [1.807, 2.05) is 44.2 Å². The molecule has 0 atom stereocenters. The Hall–Kier alpha value is -3.33. The van der Waals surface area contributed by atoms with Gasteiger partial charge in [-0.25, -0.2) is 4.68 Å². The van der Waals surface area contributed by atoms with Crippen molar-refractivity contribution in [3.63, 3.8) is 0 Å². The Morgan fingerprint density at radius 3 is 2.76 bits per heavy atom. The van der Waals surface area contributed by atoms with Crippen molar-refractivity contribution in [3.8, 4) is 11.3 Å². The van der Waals surface area contributed by atoms with E-state index in [4.69, 9.17) is 9.26 Å². The molecule has 152 valence electrons. The smallest absolute Gasteiger partial charge is 0.316 e. The quantitative estimate of drug-likeness (QED) is 0.549. The fraction of sp³-hybridized carbons (Fsp3) is 0.350. The lowest BCUT2D eigenvalue weighted by Gasteiger charge is -2.07. The van der Waals surface area contributed by atoms with Crippen LogP contribution in [0.25, 0.3) is 11.3 Å². The van der Waals surface area contributed by atoms with Crippen LogP contribution in [0.1, 0.15) is 36.8 Å². The van der Waals surface area contributed by atoms with Crippen LogP contribution in [-0.4, -0.2) is 45.1 Å². The fourth-order valence-corrected chi connectivity index (χ4v) is 2.54. The molecular weight excluding hydrogens is 374 g/mol. The first-order valence-electron chi connectivity index (χ1n) is 9.39. The minimum Gasteiger partial charge on any atom is -0.379 e. The van der Waals surface area contributed by atoms with E-state index in [2.05, 4.69) is 20.6 Å². The molecule has 2 heterocycles. The topological polar surface area (TPSA) is 112 Å². The van der Waals surface area contributed by atoms with E-state index in [-0.39, 0.29) is 29.9 Å². The normalized spacial score (nSPS) is 11.0. The van der Waals surface area contributed by atoms with E-state index in [1.165, 1.54) is 10.7 Å². The summed E-state index contributed by atoms with van der Waals surface area (Å²) in [6.45, 7) is 4.89. The molecule has 0 fully saturated rings. The average Bonchev–Trinajstić information content (AvgIpc) is 3.18. The summed E-state index contributed by atoms with van der Waals surface area (Å²) in [5.41, 5.74) is 1.23. The molecule has 29 heavy (non-hydrogen) atoms. The number of benzene rings is 1. The van der Waals surface area contributed by atoms with Gasteiger partial charge in [0.1, 0.15) is 6.54 Å². The molecular formula is C20H23N5O4. The summed E-state index contributed by atoms with van der Waals surface area (Å²) in [6.07, 6.45) is 0.831. The zero-order chi connectivity index (χ0) is 20.6. The number of ether oxygens (including phenoxy) is 1. The van der Waals surface area contributed by atoms with Crippen molar-refractivity contribution >= 4 is 5.91 Å². The molecule has 1 N–H and O–H groups in total. The van der Waals surface area contributed by atoms with Crippen molar-refractivity contribution in [1.82, 2.24) is 25.2 Å². The van der Waals surface area contributed by atoms with Gasteiger partial charge >= 0.3 is 11.8 Å². The first-order chi connectivity index (χ1) is 14.0. The summed E-state index contributed by atoms with van der Waals surface area (Å²) >= 11 is 0. The third-order valence-corrected chi connectivity index (χ3v) is 3.95. The van der Waals surface area contributed by atoms with Crippen LogP contribution in [0.3, 0.4) is 0 Å². The van der Waals surface area contributed by atoms with Gasteiger partial charge in [-0.3, -0.25) is 9.59 Å². The third kappa shape index (κ3) is 5.82. The first-order valence-corrected chi connectivity index (χ1v) is 9.39. The van der Waals surface area contributed by atoms with Gasteiger partial charge in [0.15, 0.2) is 5.82 Å². The highest BCUT2D eigenvalue weighted by molar-refractivity contribution is 5.89. The molecule has 3 rings (SSSR count). The number of rotatable bonds is 9. The molecule has 0 spiro atoms. The van der Waals surface area contributed by atoms with Gasteiger partial charge in [-0.2, -0.15) is 10.1 Å². The molecule has 0 aliphatic carbocycles. The number of carbonyl (C=O) groups excluding carboxylic acids is 1. The number of carbonyl (C=O) groups is 1. The highest BCUT2D eigenvalue weighted by atomic mass is 16.5. The van der Waals surface area contributed by atoms with Crippen LogP contribution < -0.4 is 10.9 Å². The van der Waals surface area contributed by atoms with Crippen LogP contribution in [0.2, 0.25) is 0 Å². The summed E-state index contributed by atoms with van der Waals surface area (Å²) < 4.78 is 11.6. The zero-order valence-electron chi connectivity index (χ0n) is 16.4. The van der Waals surface area contributed by atoms with Crippen molar-refractivity contribution in [2.45, 2.75) is 32.9 Å². The highest BCUT2D eigenvalue weighted by Crippen LogP contribution is 2.14. The SMILES string of the molecule is CC(C)OCCCNC(=O)c1nc(Cn2nc(-c3ccccc3)ccc2=O)no1. The van der Waals surface area contributed by atoms with E-state index < -0.39 is 5.91 Å². The number of amides is 1. The van der Waals surface area contributed by atoms with Crippen molar-refractivity contribution in [2.24, 2.45) is 0 Å². The largest absolute Gasteiger partial charge is 0.379 e. The molecule has 3 aromatic rings. The molecule has 9 nitrogen and oxygen atoms in total. The first kappa shape index (κ1) is 20.4. The lowest BCUT2D eigenvalue weighted by Crippen LogP contribution is -2.26. The Labute approximate surface area is 167 Å². The summed E-state index contributed by atoms with van der Waals surface area (Å²) in [5.74, 6) is -0.429. The second kappa shape index (κ2) is 9.74. The summed E-state index contributed by atoms with van der Waals surface area (Å²) in [7, 11) is 0. The Balaban J connectivity index is 1.61. The van der Waals surface area contributed by atoms with Crippen LogP contribution in [0.5, 0.6) is 0 Å². The van der Waals surface area contributed by atoms with Gasteiger partial charge in [0.25, 0.3) is 5.56 Å². The molecule has 1 amide bonds. The maximum absolute atomic E-state index is 12.1. The van der Waals surface area contributed by atoms with Gasteiger partial charge in [-0.05, 0) is 26.3 Å². The van der Waals surface area contributed by atoms with Crippen LogP contribution in [0.4, 0.5) is 0 Å². The molecule has 0 unspecified atom stereocenters. The van der Waals surface area contributed by atoms with Crippen molar-refractivity contribution < 1.29 is 14.1 Å². The molecule has 0 aliphatic rings. The number of aromatic nitrogens is 4. The second-order valence-corrected chi connectivity index (χ2v) is 6.63. The van der Waals surface area contributed by atoms with Gasteiger partial charge < -0.3 is 14.6 Å². The Morgan fingerprint density at radius 2 is 2.00 bits per heavy atom. The van der Waals surface area contributed by atoms with Crippen molar-refractivity contribution in [1.29, 1.82) is 0 Å². The van der Waals surface area contributed by atoms with Gasteiger partial charge in [-0.1, -0.05) is 35.5 Å². The molecule has 0 radical (unpaired) electrons. The molecule has 9 heteroatoms. The maximum atomic E-state index is 12.1. The fourth-order valence-electron chi connectivity index (χ4n) is 2.54.